The lowest BCUT2D eigenvalue weighted by Crippen LogP contribution is -2.21. The van der Waals surface area contributed by atoms with Crippen LogP contribution >= 0.6 is 15.9 Å². The SMILES string of the molecule is COC(=O)c1ccc(NC(=O)COC(=O)c2ccc(Br)c([N+](=O)[O-])c2)cc1. The van der Waals surface area contributed by atoms with Crippen LogP contribution in [0.15, 0.2) is 46.9 Å². The number of carbonyl (C=O) groups excluding carboxylic acids is 3. The van der Waals surface area contributed by atoms with Crippen LogP contribution in [0.4, 0.5) is 11.4 Å². The summed E-state index contributed by atoms with van der Waals surface area (Å²) in [6.45, 7) is -0.582. The van der Waals surface area contributed by atoms with Gasteiger partial charge in [0.2, 0.25) is 0 Å². The second-order valence-corrected chi connectivity index (χ2v) is 5.97. The monoisotopic (exact) mass is 436 g/mol. The molecule has 0 saturated heterocycles. The highest BCUT2D eigenvalue weighted by Crippen LogP contribution is 2.25. The molecule has 0 aliphatic rings. The zero-order valence-electron chi connectivity index (χ0n) is 13.9. The van der Waals surface area contributed by atoms with E-state index in [4.69, 9.17) is 4.74 Å². The van der Waals surface area contributed by atoms with Crippen LogP contribution in [0.5, 0.6) is 0 Å². The first-order valence-electron chi connectivity index (χ1n) is 7.41. The van der Waals surface area contributed by atoms with Crippen LogP contribution in [-0.4, -0.2) is 36.5 Å². The molecule has 0 aliphatic heterocycles. The summed E-state index contributed by atoms with van der Waals surface area (Å²) in [5.41, 5.74) is 0.362. The van der Waals surface area contributed by atoms with Crippen molar-refractivity contribution >= 4 is 45.2 Å². The molecule has 0 aromatic heterocycles. The van der Waals surface area contributed by atoms with Gasteiger partial charge in [-0.1, -0.05) is 0 Å². The summed E-state index contributed by atoms with van der Waals surface area (Å²) in [5.74, 6) is -1.99. The fraction of sp³-hybridized carbons (Fsp3) is 0.118. The summed E-state index contributed by atoms with van der Waals surface area (Å²) in [4.78, 5) is 45.4. The number of anilines is 1. The first kappa shape index (κ1) is 20.0. The summed E-state index contributed by atoms with van der Waals surface area (Å²) in [6, 6.07) is 9.65. The van der Waals surface area contributed by atoms with E-state index in [1.807, 2.05) is 0 Å². The number of ether oxygens (including phenoxy) is 2. The molecule has 0 saturated carbocycles. The van der Waals surface area contributed by atoms with Gasteiger partial charge in [-0.05, 0) is 52.3 Å². The zero-order chi connectivity index (χ0) is 20.0. The maximum atomic E-state index is 11.9. The van der Waals surface area contributed by atoms with E-state index >= 15 is 0 Å². The van der Waals surface area contributed by atoms with Crippen molar-refractivity contribution in [3.63, 3.8) is 0 Å². The number of benzene rings is 2. The third kappa shape index (κ3) is 5.35. The van der Waals surface area contributed by atoms with Gasteiger partial charge in [-0.3, -0.25) is 14.9 Å². The number of hydrogen-bond acceptors (Lipinski definition) is 7. The second-order valence-electron chi connectivity index (χ2n) is 5.12. The maximum absolute atomic E-state index is 11.9. The zero-order valence-corrected chi connectivity index (χ0v) is 15.5. The molecular weight excluding hydrogens is 424 g/mol. The van der Waals surface area contributed by atoms with Gasteiger partial charge in [0.1, 0.15) is 0 Å². The van der Waals surface area contributed by atoms with Crippen LogP contribution in [0.2, 0.25) is 0 Å². The van der Waals surface area contributed by atoms with Crippen LogP contribution in [-0.2, 0) is 14.3 Å². The van der Waals surface area contributed by atoms with Gasteiger partial charge in [-0.25, -0.2) is 9.59 Å². The molecular formula is C17H13BrN2O7. The molecule has 0 atom stereocenters. The lowest BCUT2D eigenvalue weighted by atomic mass is 10.2. The Morgan fingerprint density at radius 1 is 1.07 bits per heavy atom. The number of rotatable bonds is 6. The quantitative estimate of drug-likeness (QED) is 0.419. The third-order valence-electron chi connectivity index (χ3n) is 3.30. The molecule has 10 heteroatoms. The van der Waals surface area contributed by atoms with E-state index < -0.39 is 29.4 Å². The Bertz CT molecular complexity index is 897. The predicted molar refractivity (Wildman–Crippen MR) is 97.5 cm³/mol. The van der Waals surface area contributed by atoms with E-state index in [1.54, 1.807) is 0 Å². The van der Waals surface area contributed by atoms with Crippen LogP contribution in [0.3, 0.4) is 0 Å². The normalized spacial score (nSPS) is 10.0. The molecule has 0 bridgehead atoms. The van der Waals surface area contributed by atoms with Gasteiger partial charge < -0.3 is 14.8 Å². The van der Waals surface area contributed by atoms with E-state index in [0.717, 1.165) is 6.07 Å². The fourth-order valence-electron chi connectivity index (χ4n) is 2.00. The molecule has 9 nitrogen and oxygen atoms in total. The van der Waals surface area contributed by atoms with Crippen LogP contribution < -0.4 is 5.32 Å². The molecule has 1 amide bonds. The molecule has 0 heterocycles. The molecule has 2 aromatic carbocycles. The molecule has 0 radical (unpaired) electrons. The van der Waals surface area contributed by atoms with Crippen LogP contribution in [0, 0.1) is 10.1 Å². The van der Waals surface area contributed by atoms with Crippen molar-refractivity contribution < 1.29 is 28.8 Å². The number of halogens is 1. The molecule has 2 aromatic rings. The van der Waals surface area contributed by atoms with Crippen LogP contribution in [0.25, 0.3) is 0 Å². The molecule has 1 N–H and O–H groups in total. The Morgan fingerprint density at radius 3 is 2.30 bits per heavy atom. The Labute approximate surface area is 161 Å². The van der Waals surface area contributed by atoms with Gasteiger partial charge in [-0.2, -0.15) is 0 Å². The molecule has 0 fully saturated rings. The summed E-state index contributed by atoms with van der Waals surface area (Å²) >= 11 is 3.01. The third-order valence-corrected chi connectivity index (χ3v) is 3.97. The Kier molecular flexibility index (Phi) is 6.61. The van der Waals surface area contributed by atoms with Crippen molar-refractivity contribution in [1.82, 2.24) is 0 Å². The lowest BCUT2D eigenvalue weighted by Gasteiger charge is -2.07. The average molecular weight is 437 g/mol. The van der Waals surface area contributed by atoms with Crippen molar-refractivity contribution in [2.24, 2.45) is 0 Å². The molecule has 140 valence electrons. The van der Waals surface area contributed by atoms with Gasteiger partial charge in [0.15, 0.2) is 6.61 Å². The van der Waals surface area contributed by atoms with Crippen molar-refractivity contribution in [2.75, 3.05) is 19.0 Å². The summed E-state index contributed by atoms with van der Waals surface area (Å²) in [5, 5.41) is 13.4. The topological polar surface area (TPSA) is 125 Å². The highest BCUT2D eigenvalue weighted by molar-refractivity contribution is 9.10. The Morgan fingerprint density at radius 2 is 1.70 bits per heavy atom. The van der Waals surface area contributed by atoms with Gasteiger partial charge in [-0.15, -0.1) is 0 Å². The predicted octanol–water partition coefficient (Wildman–Crippen LogP) is 2.94. The Balaban J connectivity index is 1.93. The molecule has 2 rings (SSSR count). The number of nitrogens with zero attached hydrogens (tertiary/aromatic N) is 1. The van der Waals surface area contributed by atoms with Gasteiger partial charge in [0.25, 0.3) is 11.6 Å². The van der Waals surface area contributed by atoms with Gasteiger partial charge in [0.05, 0.1) is 27.6 Å². The van der Waals surface area contributed by atoms with Crippen molar-refractivity contribution in [1.29, 1.82) is 0 Å². The number of nitro benzene ring substituents is 1. The fourth-order valence-corrected chi connectivity index (χ4v) is 2.39. The van der Waals surface area contributed by atoms with E-state index in [-0.39, 0.29) is 15.7 Å². The average Bonchev–Trinajstić information content (AvgIpc) is 2.66. The Hall–Kier alpha value is -3.27. The number of nitrogens with one attached hydrogen (secondary N) is 1. The van der Waals surface area contributed by atoms with Gasteiger partial charge >= 0.3 is 11.9 Å². The highest BCUT2D eigenvalue weighted by Gasteiger charge is 2.17. The number of esters is 2. The van der Waals surface area contributed by atoms with E-state index in [0.29, 0.717) is 11.3 Å². The largest absolute Gasteiger partial charge is 0.465 e. The van der Waals surface area contributed by atoms with Crippen molar-refractivity contribution in [3.05, 3.63) is 68.2 Å². The van der Waals surface area contributed by atoms with E-state index in [2.05, 4.69) is 26.0 Å². The van der Waals surface area contributed by atoms with Crippen molar-refractivity contribution in [3.8, 4) is 0 Å². The summed E-state index contributed by atoms with van der Waals surface area (Å²) in [6.07, 6.45) is 0. The number of hydrogen-bond donors (Lipinski definition) is 1. The second kappa shape index (κ2) is 8.90. The molecule has 0 spiro atoms. The van der Waals surface area contributed by atoms with Crippen molar-refractivity contribution in [2.45, 2.75) is 0 Å². The molecule has 0 unspecified atom stereocenters. The summed E-state index contributed by atoms with van der Waals surface area (Å²) in [7, 11) is 1.26. The van der Waals surface area contributed by atoms with E-state index in [1.165, 1.54) is 43.5 Å². The first-order valence-corrected chi connectivity index (χ1v) is 8.20. The number of amides is 1. The first-order chi connectivity index (χ1) is 12.8. The number of nitro groups is 1. The summed E-state index contributed by atoms with van der Waals surface area (Å²) < 4.78 is 9.64. The minimum absolute atomic E-state index is 0.0554. The minimum atomic E-state index is -0.873. The molecule has 0 aliphatic carbocycles. The van der Waals surface area contributed by atoms with Crippen LogP contribution in [0.1, 0.15) is 20.7 Å². The van der Waals surface area contributed by atoms with E-state index in [9.17, 15) is 24.5 Å². The van der Waals surface area contributed by atoms with Gasteiger partial charge in [0, 0.05) is 11.8 Å². The smallest absolute Gasteiger partial charge is 0.338 e. The maximum Gasteiger partial charge on any atom is 0.338 e. The number of methoxy groups -OCH3 is 1. The number of carbonyl (C=O) groups is 3. The minimum Gasteiger partial charge on any atom is -0.465 e. The lowest BCUT2D eigenvalue weighted by molar-refractivity contribution is -0.385. The molecule has 27 heavy (non-hydrogen) atoms. The standard InChI is InChI=1S/C17H13BrN2O7/c1-26-16(22)10-2-5-12(6-3-10)19-15(21)9-27-17(23)11-4-7-13(18)14(8-11)20(24)25/h2-8H,9H2,1H3,(H,19,21). The highest BCUT2D eigenvalue weighted by atomic mass is 79.9.